The summed E-state index contributed by atoms with van der Waals surface area (Å²) in [6, 6.07) is 10.3. The molecule has 1 fully saturated rings. The van der Waals surface area contributed by atoms with Gasteiger partial charge < -0.3 is 10.2 Å². The van der Waals surface area contributed by atoms with Crippen molar-refractivity contribution in [1.29, 1.82) is 0 Å². The normalized spacial score (nSPS) is 17.6. The Hall–Kier alpha value is -1.16. The SMILES string of the molecule is CC(C)(C)[C@H](NC(=O)N1CCSCC1)c1ccccc1. The molecule has 0 aliphatic carbocycles. The third-order valence-electron chi connectivity index (χ3n) is 3.57. The predicted molar refractivity (Wildman–Crippen MR) is 86.1 cm³/mol. The van der Waals surface area contributed by atoms with Gasteiger partial charge in [0, 0.05) is 24.6 Å². The average Bonchev–Trinajstić information content (AvgIpc) is 2.45. The molecule has 110 valence electrons. The lowest BCUT2D eigenvalue weighted by Gasteiger charge is -2.35. The zero-order valence-electron chi connectivity index (χ0n) is 12.6. The van der Waals surface area contributed by atoms with Crippen LogP contribution in [-0.4, -0.2) is 35.5 Å². The number of benzene rings is 1. The molecule has 0 aromatic heterocycles. The van der Waals surface area contributed by atoms with Crippen molar-refractivity contribution < 1.29 is 4.79 Å². The molecule has 0 unspecified atom stereocenters. The van der Waals surface area contributed by atoms with E-state index < -0.39 is 0 Å². The Bertz CT molecular complexity index is 436. The maximum absolute atomic E-state index is 12.4. The lowest BCUT2D eigenvalue weighted by atomic mass is 9.82. The zero-order chi connectivity index (χ0) is 14.6. The van der Waals surface area contributed by atoms with E-state index in [0.717, 1.165) is 24.6 Å². The van der Waals surface area contributed by atoms with Gasteiger partial charge in [0.1, 0.15) is 0 Å². The lowest BCUT2D eigenvalue weighted by Crippen LogP contribution is -2.47. The van der Waals surface area contributed by atoms with Gasteiger partial charge in [-0.2, -0.15) is 11.8 Å². The van der Waals surface area contributed by atoms with Crippen LogP contribution in [0.2, 0.25) is 0 Å². The molecule has 0 bridgehead atoms. The average molecular weight is 292 g/mol. The number of urea groups is 1. The lowest BCUT2D eigenvalue weighted by molar-refractivity contribution is 0.184. The van der Waals surface area contributed by atoms with Gasteiger partial charge in [0.2, 0.25) is 0 Å². The Morgan fingerprint density at radius 3 is 2.35 bits per heavy atom. The fourth-order valence-corrected chi connectivity index (χ4v) is 3.33. The monoisotopic (exact) mass is 292 g/mol. The number of carbonyl (C=O) groups excluding carboxylic acids is 1. The van der Waals surface area contributed by atoms with Gasteiger partial charge in [-0.1, -0.05) is 51.1 Å². The van der Waals surface area contributed by atoms with Gasteiger partial charge in [-0.25, -0.2) is 4.79 Å². The molecule has 1 N–H and O–H groups in total. The summed E-state index contributed by atoms with van der Waals surface area (Å²) in [5.41, 5.74) is 1.15. The van der Waals surface area contributed by atoms with E-state index in [1.807, 2.05) is 34.9 Å². The maximum Gasteiger partial charge on any atom is 0.317 e. The van der Waals surface area contributed by atoms with Crippen molar-refractivity contribution in [3.8, 4) is 0 Å². The Kier molecular flexibility index (Phi) is 4.97. The highest BCUT2D eigenvalue weighted by Crippen LogP contribution is 2.32. The number of hydrogen-bond acceptors (Lipinski definition) is 2. The molecular formula is C16H24N2OS. The fraction of sp³-hybridized carbons (Fsp3) is 0.562. The molecule has 2 rings (SSSR count). The molecule has 0 spiro atoms. The molecule has 1 atom stereocenters. The second-order valence-electron chi connectivity index (χ2n) is 6.26. The summed E-state index contributed by atoms with van der Waals surface area (Å²) in [4.78, 5) is 14.4. The minimum absolute atomic E-state index is 0.0124. The third-order valence-corrected chi connectivity index (χ3v) is 4.51. The van der Waals surface area contributed by atoms with Crippen LogP contribution in [0, 0.1) is 5.41 Å². The highest BCUT2D eigenvalue weighted by molar-refractivity contribution is 7.99. The Morgan fingerprint density at radius 2 is 1.80 bits per heavy atom. The smallest absolute Gasteiger partial charge is 0.317 e. The highest BCUT2D eigenvalue weighted by atomic mass is 32.2. The van der Waals surface area contributed by atoms with Crippen LogP contribution < -0.4 is 5.32 Å². The van der Waals surface area contributed by atoms with Crippen LogP contribution >= 0.6 is 11.8 Å². The van der Waals surface area contributed by atoms with Crippen molar-refractivity contribution in [3.05, 3.63) is 35.9 Å². The van der Waals surface area contributed by atoms with Crippen LogP contribution in [0.5, 0.6) is 0 Å². The first kappa shape index (κ1) is 15.2. The van der Waals surface area contributed by atoms with Crippen LogP contribution in [0.3, 0.4) is 0 Å². The Labute approximate surface area is 126 Å². The second kappa shape index (κ2) is 6.53. The van der Waals surface area contributed by atoms with Crippen LogP contribution in [0.25, 0.3) is 0 Å². The second-order valence-corrected chi connectivity index (χ2v) is 7.48. The number of rotatable bonds is 2. The standard InChI is InChI=1S/C16H24N2OS/c1-16(2,3)14(13-7-5-4-6-8-13)17-15(19)18-9-11-20-12-10-18/h4-8,14H,9-12H2,1-3H3,(H,17,19)/t14-/m1/s1. The van der Waals surface area contributed by atoms with Crippen LogP contribution in [-0.2, 0) is 0 Å². The molecule has 2 amide bonds. The van der Waals surface area contributed by atoms with Crippen LogP contribution in [0.1, 0.15) is 32.4 Å². The molecule has 4 heteroatoms. The van der Waals surface area contributed by atoms with Crippen LogP contribution in [0.4, 0.5) is 4.79 Å². The van der Waals surface area contributed by atoms with Gasteiger partial charge in [-0.15, -0.1) is 0 Å². The number of amides is 2. The quantitative estimate of drug-likeness (QED) is 0.904. The first-order chi connectivity index (χ1) is 9.48. The van der Waals surface area contributed by atoms with Crippen molar-refractivity contribution in [3.63, 3.8) is 0 Å². The molecule has 0 radical (unpaired) electrons. The molecule has 1 aliphatic rings. The molecule has 3 nitrogen and oxygen atoms in total. The Morgan fingerprint density at radius 1 is 1.20 bits per heavy atom. The number of hydrogen-bond donors (Lipinski definition) is 1. The maximum atomic E-state index is 12.4. The fourth-order valence-electron chi connectivity index (χ4n) is 2.43. The highest BCUT2D eigenvalue weighted by Gasteiger charge is 2.29. The molecular weight excluding hydrogens is 268 g/mol. The van der Waals surface area contributed by atoms with E-state index in [1.165, 1.54) is 5.56 Å². The van der Waals surface area contributed by atoms with E-state index in [4.69, 9.17) is 0 Å². The van der Waals surface area contributed by atoms with E-state index in [0.29, 0.717) is 0 Å². The van der Waals surface area contributed by atoms with E-state index in [9.17, 15) is 4.79 Å². The summed E-state index contributed by atoms with van der Waals surface area (Å²) >= 11 is 1.92. The molecule has 1 aliphatic heterocycles. The van der Waals surface area contributed by atoms with E-state index in [1.54, 1.807) is 0 Å². The summed E-state index contributed by atoms with van der Waals surface area (Å²) in [6.07, 6.45) is 0. The summed E-state index contributed by atoms with van der Waals surface area (Å²) in [7, 11) is 0. The van der Waals surface area contributed by atoms with Crippen LogP contribution in [0.15, 0.2) is 30.3 Å². The molecule has 1 saturated heterocycles. The van der Waals surface area contributed by atoms with E-state index in [-0.39, 0.29) is 17.5 Å². The van der Waals surface area contributed by atoms with Crippen molar-refractivity contribution in [2.75, 3.05) is 24.6 Å². The van der Waals surface area contributed by atoms with Crippen molar-refractivity contribution in [2.45, 2.75) is 26.8 Å². The summed E-state index contributed by atoms with van der Waals surface area (Å²) in [5, 5.41) is 3.22. The minimum Gasteiger partial charge on any atom is -0.331 e. The molecule has 20 heavy (non-hydrogen) atoms. The number of nitrogens with zero attached hydrogens (tertiary/aromatic N) is 1. The molecule has 1 aromatic rings. The third kappa shape index (κ3) is 3.92. The topological polar surface area (TPSA) is 32.3 Å². The first-order valence-corrected chi connectivity index (χ1v) is 8.32. The molecule has 0 saturated carbocycles. The van der Waals surface area contributed by atoms with Crippen molar-refractivity contribution in [1.82, 2.24) is 10.2 Å². The van der Waals surface area contributed by atoms with Crippen molar-refractivity contribution >= 4 is 17.8 Å². The summed E-state index contributed by atoms with van der Waals surface area (Å²) in [5.74, 6) is 2.08. The van der Waals surface area contributed by atoms with Gasteiger partial charge in [0.15, 0.2) is 0 Å². The number of thioether (sulfide) groups is 1. The number of carbonyl (C=O) groups is 1. The van der Waals surface area contributed by atoms with Gasteiger partial charge >= 0.3 is 6.03 Å². The first-order valence-electron chi connectivity index (χ1n) is 7.16. The van der Waals surface area contributed by atoms with Gasteiger partial charge in [-0.05, 0) is 11.0 Å². The minimum atomic E-state index is -0.0124. The van der Waals surface area contributed by atoms with Gasteiger partial charge in [-0.3, -0.25) is 0 Å². The van der Waals surface area contributed by atoms with E-state index in [2.05, 4.69) is 38.2 Å². The summed E-state index contributed by atoms with van der Waals surface area (Å²) in [6.45, 7) is 8.19. The Balaban J connectivity index is 2.10. The van der Waals surface area contributed by atoms with Gasteiger partial charge in [0.05, 0.1) is 6.04 Å². The van der Waals surface area contributed by atoms with Gasteiger partial charge in [0.25, 0.3) is 0 Å². The zero-order valence-corrected chi connectivity index (χ0v) is 13.4. The summed E-state index contributed by atoms with van der Waals surface area (Å²) < 4.78 is 0. The molecule has 1 heterocycles. The largest absolute Gasteiger partial charge is 0.331 e. The predicted octanol–water partition coefficient (Wildman–Crippen LogP) is 3.53. The van der Waals surface area contributed by atoms with E-state index >= 15 is 0 Å². The molecule has 1 aromatic carbocycles. The van der Waals surface area contributed by atoms with Crippen molar-refractivity contribution in [2.24, 2.45) is 5.41 Å². The number of nitrogens with one attached hydrogen (secondary N) is 1.